The Bertz CT molecular complexity index is 612. The summed E-state index contributed by atoms with van der Waals surface area (Å²) in [5.74, 6) is -0.000141. The minimum atomic E-state index is -0.297. The average Bonchev–Trinajstić information content (AvgIpc) is 2.48. The molecular weight excluding hydrogens is 253 g/mol. The van der Waals surface area contributed by atoms with E-state index in [0.29, 0.717) is 5.75 Å². The van der Waals surface area contributed by atoms with Crippen LogP contribution in [0.5, 0.6) is 5.75 Å². The van der Waals surface area contributed by atoms with E-state index in [9.17, 15) is 4.39 Å². The molecular formula is C17H18FNO. The first-order chi connectivity index (χ1) is 9.78. The van der Waals surface area contributed by atoms with Crippen molar-refractivity contribution in [2.24, 2.45) is 0 Å². The van der Waals surface area contributed by atoms with Crippen molar-refractivity contribution in [3.8, 4) is 5.75 Å². The molecule has 1 aliphatic heterocycles. The van der Waals surface area contributed by atoms with Crippen LogP contribution in [-0.4, -0.2) is 13.7 Å². The van der Waals surface area contributed by atoms with Crippen molar-refractivity contribution in [1.82, 2.24) is 5.32 Å². The van der Waals surface area contributed by atoms with E-state index in [1.54, 1.807) is 12.1 Å². The van der Waals surface area contributed by atoms with Crippen molar-refractivity contribution in [2.45, 2.75) is 18.9 Å². The summed E-state index contributed by atoms with van der Waals surface area (Å²) in [5.41, 5.74) is 3.71. The van der Waals surface area contributed by atoms with E-state index in [-0.39, 0.29) is 11.9 Å². The van der Waals surface area contributed by atoms with E-state index in [4.69, 9.17) is 4.74 Å². The zero-order chi connectivity index (χ0) is 13.9. The van der Waals surface area contributed by atoms with Crippen molar-refractivity contribution in [3.63, 3.8) is 0 Å². The molecule has 0 saturated carbocycles. The number of nitrogens with one attached hydrogen (secondary N) is 1. The van der Waals surface area contributed by atoms with E-state index < -0.39 is 0 Å². The van der Waals surface area contributed by atoms with Crippen molar-refractivity contribution < 1.29 is 9.13 Å². The van der Waals surface area contributed by atoms with Crippen molar-refractivity contribution >= 4 is 0 Å². The minimum absolute atomic E-state index is 0.257. The number of hydrogen-bond donors (Lipinski definition) is 1. The van der Waals surface area contributed by atoms with Gasteiger partial charge in [0.1, 0.15) is 0 Å². The maximum atomic E-state index is 13.8. The van der Waals surface area contributed by atoms with Crippen LogP contribution in [0.4, 0.5) is 4.39 Å². The monoisotopic (exact) mass is 271 g/mol. The van der Waals surface area contributed by atoms with Crippen LogP contribution in [-0.2, 0) is 12.8 Å². The van der Waals surface area contributed by atoms with Gasteiger partial charge >= 0.3 is 0 Å². The molecule has 0 amide bonds. The van der Waals surface area contributed by atoms with Gasteiger partial charge in [-0.25, -0.2) is 4.39 Å². The lowest BCUT2D eigenvalue weighted by Crippen LogP contribution is -2.31. The number of rotatable bonds is 3. The summed E-state index contributed by atoms with van der Waals surface area (Å²) in [4.78, 5) is 0. The van der Waals surface area contributed by atoms with Gasteiger partial charge < -0.3 is 10.1 Å². The van der Waals surface area contributed by atoms with Gasteiger partial charge in [-0.1, -0.05) is 30.3 Å². The number of fused-ring (bicyclic) bond motifs is 1. The highest BCUT2D eigenvalue weighted by atomic mass is 19.1. The lowest BCUT2D eigenvalue weighted by molar-refractivity contribution is 0.386. The van der Waals surface area contributed by atoms with Crippen molar-refractivity contribution in [3.05, 3.63) is 65.0 Å². The standard InChI is InChI=1S/C17H18FNO/c1-20-17-7-6-12(10-15(17)18)11-16-14-5-3-2-4-13(14)8-9-19-16/h2-7,10,16,19H,8-9,11H2,1H3. The summed E-state index contributed by atoms with van der Waals surface area (Å²) in [7, 11) is 1.48. The Morgan fingerprint density at radius 2 is 2.10 bits per heavy atom. The van der Waals surface area contributed by atoms with Crippen LogP contribution in [0.3, 0.4) is 0 Å². The van der Waals surface area contributed by atoms with Gasteiger partial charge in [-0.15, -0.1) is 0 Å². The van der Waals surface area contributed by atoms with E-state index in [2.05, 4.69) is 29.6 Å². The summed E-state index contributed by atoms with van der Waals surface area (Å²) in [5, 5.41) is 3.52. The van der Waals surface area contributed by atoms with Crippen LogP contribution in [0.25, 0.3) is 0 Å². The molecule has 0 aliphatic carbocycles. The fourth-order valence-corrected chi connectivity index (χ4v) is 2.85. The summed E-state index contributed by atoms with van der Waals surface area (Å²) in [6.07, 6.45) is 1.85. The molecule has 1 N–H and O–H groups in total. The first kappa shape index (κ1) is 13.1. The zero-order valence-electron chi connectivity index (χ0n) is 11.5. The normalized spacial score (nSPS) is 17.6. The topological polar surface area (TPSA) is 21.3 Å². The quantitative estimate of drug-likeness (QED) is 0.925. The maximum absolute atomic E-state index is 13.8. The molecule has 2 aromatic carbocycles. The largest absolute Gasteiger partial charge is 0.494 e. The molecule has 1 aliphatic rings. The number of hydrogen-bond acceptors (Lipinski definition) is 2. The highest BCUT2D eigenvalue weighted by molar-refractivity contribution is 5.35. The molecule has 3 rings (SSSR count). The molecule has 1 unspecified atom stereocenters. The number of benzene rings is 2. The van der Waals surface area contributed by atoms with Gasteiger partial charge in [0.15, 0.2) is 11.6 Å². The van der Waals surface area contributed by atoms with Crippen LogP contribution >= 0.6 is 0 Å². The second-order valence-corrected chi connectivity index (χ2v) is 5.13. The lowest BCUT2D eigenvalue weighted by Gasteiger charge is -2.27. The second kappa shape index (κ2) is 5.63. The first-order valence-electron chi connectivity index (χ1n) is 6.91. The summed E-state index contributed by atoms with van der Waals surface area (Å²) < 4.78 is 18.7. The third-order valence-corrected chi connectivity index (χ3v) is 3.87. The van der Waals surface area contributed by atoms with Crippen LogP contribution in [0.2, 0.25) is 0 Å². The molecule has 0 spiro atoms. The van der Waals surface area contributed by atoms with E-state index in [0.717, 1.165) is 24.9 Å². The SMILES string of the molecule is COc1ccc(CC2NCCc3ccccc32)cc1F. The molecule has 0 bridgehead atoms. The fraction of sp³-hybridized carbons (Fsp3) is 0.294. The third kappa shape index (κ3) is 2.54. The highest BCUT2D eigenvalue weighted by Gasteiger charge is 2.19. The summed E-state index contributed by atoms with van der Waals surface area (Å²) in [6, 6.07) is 13.9. The van der Waals surface area contributed by atoms with E-state index in [1.807, 2.05) is 6.07 Å². The second-order valence-electron chi connectivity index (χ2n) is 5.13. The molecule has 1 atom stereocenters. The molecule has 2 aromatic rings. The van der Waals surface area contributed by atoms with Gasteiger partial charge in [-0.05, 0) is 48.2 Å². The Labute approximate surface area is 118 Å². The van der Waals surface area contributed by atoms with Gasteiger partial charge in [-0.3, -0.25) is 0 Å². The molecule has 2 nitrogen and oxygen atoms in total. The molecule has 0 saturated heterocycles. The van der Waals surface area contributed by atoms with Crippen LogP contribution in [0, 0.1) is 5.82 Å². The summed E-state index contributed by atoms with van der Waals surface area (Å²) in [6.45, 7) is 0.973. The van der Waals surface area contributed by atoms with Crippen molar-refractivity contribution in [1.29, 1.82) is 0 Å². The van der Waals surface area contributed by atoms with Crippen LogP contribution in [0.1, 0.15) is 22.7 Å². The van der Waals surface area contributed by atoms with E-state index >= 15 is 0 Å². The molecule has 104 valence electrons. The highest BCUT2D eigenvalue weighted by Crippen LogP contribution is 2.27. The molecule has 1 heterocycles. The van der Waals surface area contributed by atoms with Crippen LogP contribution in [0.15, 0.2) is 42.5 Å². The molecule has 0 aromatic heterocycles. The minimum Gasteiger partial charge on any atom is -0.494 e. The number of methoxy groups -OCH3 is 1. The zero-order valence-corrected chi connectivity index (χ0v) is 11.5. The predicted octanol–water partition coefficient (Wildman–Crippen LogP) is 3.26. The van der Waals surface area contributed by atoms with Crippen LogP contribution < -0.4 is 10.1 Å². The molecule has 0 fully saturated rings. The van der Waals surface area contributed by atoms with Gasteiger partial charge in [-0.2, -0.15) is 0 Å². The lowest BCUT2D eigenvalue weighted by atomic mass is 9.90. The van der Waals surface area contributed by atoms with Gasteiger partial charge in [0.05, 0.1) is 7.11 Å². The third-order valence-electron chi connectivity index (χ3n) is 3.87. The van der Waals surface area contributed by atoms with Gasteiger partial charge in [0, 0.05) is 6.04 Å². The smallest absolute Gasteiger partial charge is 0.165 e. The van der Waals surface area contributed by atoms with Gasteiger partial charge in [0.2, 0.25) is 0 Å². The number of halogens is 1. The Morgan fingerprint density at radius 3 is 2.90 bits per heavy atom. The number of ether oxygens (including phenoxy) is 1. The Kier molecular flexibility index (Phi) is 3.70. The maximum Gasteiger partial charge on any atom is 0.165 e. The Hall–Kier alpha value is -1.87. The molecule has 0 radical (unpaired) electrons. The van der Waals surface area contributed by atoms with E-state index in [1.165, 1.54) is 18.2 Å². The predicted molar refractivity (Wildman–Crippen MR) is 77.5 cm³/mol. The molecule has 20 heavy (non-hydrogen) atoms. The van der Waals surface area contributed by atoms with Crippen molar-refractivity contribution in [2.75, 3.05) is 13.7 Å². The van der Waals surface area contributed by atoms with Gasteiger partial charge in [0.25, 0.3) is 0 Å². The Morgan fingerprint density at radius 1 is 1.25 bits per heavy atom. The first-order valence-corrected chi connectivity index (χ1v) is 6.91. The fourth-order valence-electron chi connectivity index (χ4n) is 2.85. The Balaban J connectivity index is 1.84. The average molecular weight is 271 g/mol. The molecule has 3 heteroatoms. The summed E-state index contributed by atoms with van der Waals surface area (Å²) >= 11 is 0.